The molecule has 0 aromatic rings. The van der Waals surface area contributed by atoms with Gasteiger partial charge in [-0.25, -0.2) is 0 Å². The Bertz CT molecular complexity index is 17.7. The molecular weight excluding hydrogens is 675 g/mol. The molecule has 29 valence electrons. The fourth-order valence-corrected chi connectivity index (χ4v) is 0. The Morgan fingerprint density at radius 2 is 1.20 bits per heavy atom. The van der Waals surface area contributed by atoms with Gasteiger partial charge in [0.2, 0.25) is 0 Å². The molecule has 0 spiro atoms. The van der Waals surface area contributed by atoms with Crippen molar-refractivity contribution < 1.29 is 93.2 Å². The fourth-order valence-electron chi connectivity index (χ4n) is 0. The van der Waals surface area contributed by atoms with Crippen molar-refractivity contribution in [3.8, 4) is 0 Å². The van der Waals surface area contributed by atoms with Crippen LogP contribution in [0.3, 0.4) is 0 Å². The van der Waals surface area contributed by atoms with E-state index in [1.165, 1.54) is 0 Å². The van der Waals surface area contributed by atoms with Crippen LogP contribution in [0.2, 0.25) is 0 Å². The summed E-state index contributed by atoms with van der Waals surface area (Å²) >= 11 is 0. The van der Waals surface area contributed by atoms with E-state index < -0.39 is 0 Å². The molecule has 1 radical (unpaired) electrons. The van der Waals surface area contributed by atoms with Crippen molar-refractivity contribution in [1.82, 2.24) is 0 Å². The summed E-state index contributed by atoms with van der Waals surface area (Å²) in [6.07, 6.45) is 0. The number of hydrogen-bond donors (Lipinski definition) is 0. The molecule has 0 rings (SSSR count). The molecule has 1 nitrogen and oxygen atoms in total. The van der Waals surface area contributed by atoms with E-state index in [9.17, 15) is 0 Å². The second-order valence-electron chi connectivity index (χ2n) is 0. The molecule has 0 aliphatic rings. The van der Waals surface area contributed by atoms with Gasteiger partial charge in [0.1, 0.15) is 0 Å². The van der Waals surface area contributed by atoms with Gasteiger partial charge in [-0.2, -0.15) is 0 Å². The predicted molar refractivity (Wildman–Crippen MR) is 11.6 cm³/mol. The van der Waals surface area contributed by atoms with E-state index >= 15 is 0 Å². The summed E-state index contributed by atoms with van der Waals surface area (Å²) in [6, 6.07) is 0. The van der Waals surface area contributed by atoms with Gasteiger partial charge in [0.05, 0.1) is 0 Å². The third kappa shape index (κ3) is 17.8. The second kappa shape index (κ2) is 23.8. The standard InChI is InChI=1S/Ba.H2O.Pt.U.Y.2H/h;1H2;;;;;/q+2;;;;;2*-1. The smallest absolute Gasteiger partial charge is 1.00 e. The first-order valence-corrected chi connectivity index (χ1v) is 0. The SMILES string of the molecule is O.[Ba+2].[H-].[H-].[Pt].[U].[Y]. The van der Waals surface area contributed by atoms with Crippen molar-refractivity contribution in [2.24, 2.45) is 0 Å². The largest absolute Gasteiger partial charge is 2.00 e. The van der Waals surface area contributed by atoms with Crippen LogP contribution in [0, 0.1) is 31.1 Å². The fraction of sp³-hybridized carbons (Fsp3) is 0. The Morgan fingerprint density at radius 1 is 1.20 bits per heavy atom. The first-order valence-electron chi connectivity index (χ1n) is 0. The second-order valence-corrected chi connectivity index (χ2v) is 0. The summed E-state index contributed by atoms with van der Waals surface area (Å²) < 4.78 is 0. The molecule has 0 fully saturated rings. The van der Waals surface area contributed by atoms with Gasteiger partial charge in [-0.05, 0) is 0 Å². The van der Waals surface area contributed by atoms with Gasteiger partial charge in [-0.1, -0.05) is 0 Å². The zero-order chi connectivity index (χ0) is 0. The van der Waals surface area contributed by atoms with Gasteiger partial charge in [-0.15, -0.1) is 0 Å². The summed E-state index contributed by atoms with van der Waals surface area (Å²) in [6.45, 7) is 0. The zero-order valence-electron chi connectivity index (χ0n) is 4.60. The molecule has 0 amide bonds. The molecule has 5 heavy (non-hydrogen) atoms. The molecule has 2 N–H and O–H groups in total. The maximum Gasteiger partial charge on any atom is 2.00 e. The minimum atomic E-state index is 0. The maximum atomic E-state index is 0. The van der Waals surface area contributed by atoms with Crippen LogP contribution < -0.4 is 0 Å². The third-order valence-electron chi connectivity index (χ3n) is 0. The summed E-state index contributed by atoms with van der Waals surface area (Å²) in [4.78, 5) is 0. The van der Waals surface area contributed by atoms with E-state index in [1.54, 1.807) is 0 Å². The van der Waals surface area contributed by atoms with E-state index in [2.05, 4.69) is 0 Å². The Morgan fingerprint density at radius 3 is 1.20 bits per heavy atom. The van der Waals surface area contributed by atoms with Crippen molar-refractivity contribution in [3.05, 3.63) is 0 Å². The summed E-state index contributed by atoms with van der Waals surface area (Å²) in [5, 5.41) is 0. The minimum absolute atomic E-state index is 0. The number of hydrogen-bond acceptors (Lipinski definition) is 0. The molecule has 0 aromatic carbocycles. The average Bonchev–Trinajstić information content (AvgIpc) is 0. The van der Waals surface area contributed by atoms with Crippen molar-refractivity contribution >= 4 is 48.9 Å². The van der Waals surface area contributed by atoms with E-state index in [0.717, 1.165) is 0 Å². The van der Waals surface area contributed by atoms with E-state index in [1.807, 2.05) is 0 Å². The van der Waals surface area contributed by atoms with Gasteiger partial charge >= 0.3 is 48.9 Å². The van der Waals surface area contributed by atoms with Crippen molar-refractivity contribution in [2.45, 2.75) is 0 Å². The van der Waals surface area contributed by atoms with E-state index in [-0.39, 0.29) is 142 Å². The van der Waals surface area contributed by atoms with E-state index in [0.29, 0.717) is 0 Å². The van der Waals surface area contributed by atoms with Gasteiger partial charge in [0.15, 0.2) is 0 Å². The van der Waals surface area contributed by atoms with Crippen LogP contribution in [0.1, 0.15) is 2.85 Å². The first-order chi connectivity index (χ1) is 0. The molecule has 0 aliphatic carbocycles. The van der Waals surface area contributed by atoms with Crippen molar-refractivity contribution in [2.75, 3.05) is 0 Å². The summed E-state index contributed by atoms with van der Waals surface area (Å²) in [5.41, 5.74) is 0. The van der Waals surface area contributed by atoms with Crippen LogP contribution in [0.4, 0.5) is 0 Å². The van der Waals surface area contributed by atoms with Gasteiger partial charge in [0.25, 0.3) is 0 Å². The Balaban J connectivity index is 0. The molecule has 0 saturated heterocycles. The van der Waals surface area contributed by atoms with Crippen LogP contribution in [0.15, 0.2) is 0 Å². The molecular formula is H4BaOPtUY. The predicted octanol–water partition coefficient (Wildman–Crippen LogP) is -0.986. The van der Waals surface area contributed by atoms with Crippen LogP contribution in [0.25, 0.3) is 0 Å². The molecule has 0 aliphatic heterocycles. The third-order valence-corrected chi connectivity index (χ3v) is 0. The Labute approximate surface area is 138 Å². The zero-order valence-corrected chi connectivity index (χ0v) is 16.3. The normalized spacial score (nSPS) is 0. The van der Waals surface area contributed by atoms with Gasteiger partial charge in [-0.3, -0.25) is 0 Å². The first kappa shape index (κ1) is 34.4. The molecule has 0 heterocycles. The van der Waals surface area contributed by atoms with Crippen LogP contribution in [-0.4, -0.2) is 54.4 Å². The minimum Gasteiger partial charge on any atom is -1.00 e. The summed E-state index contributed by atoms with van der Waals surface area (Å²) in [7, 11) is 0. The topological polar surface area (TPSA) is 31.5 Å². The average molecular weight is 679 g/mol. The van der Waals surface area contributed by atoms with Gasteiger partial charge in [0, 0.05) is 84.9 Å². The molecule has 0 unspecified atom stereocenters. The quantitative estimate of drug-likeness (QED) is 0.295. The molecule has 5 heteroatoms. The molecule has 0 saturated carbocycles. The van der Waals surface area contributed by atoms with Crippen molar-refractivity contribution in [3.63, 3.8) is 0 Å². The number of rotatable bonds is 0. The van der Waals surface area contributed by atoms with Crippen molar-refractivity contribution in [1.29, 1.82) is 0 Å². The molecule has 0 bridgehead atoms. The van der Waals surface area contributed by atoms with Gasteiger partial charge < -0.3 is 8.33 Å². The molecule has 0 aromatic heterocycles. The van der Waals surface area contributed by atoms with Crippen LogP contribution in [0.5, 0.6) is 0 Å². The van der Waals surface area contributed by atoms with E-state index in [4.69, 9.17) is 0 Å². The Hall–Kier alpha value is 4.38. The Kier molecular flexibility index (Phi) is 164. The van der Waals surface area contributed by atoms with Crippen LogP contribution >= 0.6 is 0 Å². The summed E-state index contributed by atoms with van der Waals surface area (Å²) in [5.74, 6) is 0. The molecule has 0 atom stereocenters. The monoisotopic (exact) mass is 680 g/mol. The maximum absolute atomic E-state index is 0. The van der Waals surface area contributed by atoms with Crippen LogP contribution in [-0.2, 0) is 53.8 Å².